The van der Waals surface area contributed by atoms with Crippen molar-refractivity contribution in [2.24, 2.45) is 0 Å². The van der Waals surface area contributed by atoms with E-state index in [-0.39, 0.29) is 30.1 Å². The van der Waals surface area contributed by atoms with Crippen molar-refractivity contribution in [1.29, 1.82) is 0 Å². The molecule has 2 aliphatic heterocycles. The molecule has 0 bridgehead atoms. The van der Waals surface area contributed by atoms with E-state index in [0.717, 1.165) is 11.0 Å². The minimum Gasteiger partial charge on any atom is -0.465 e. The summed E-state index contributed by atoms with van der Waals surface area (Å²) in [6.45, 7) is 3.17. The molecule has 3 aromatic rings. The van der Waals surface area contributed by atoms with E-state index in [0.29, 0.717) is 32.5 Å². The zero-order chi connectivity index (χ0) is 22.6. The number of hydrogen-bond acceptors (Lipinski definition) is 6. The number of ether oxygens (including phenoxy) is 1. The summed E-state index contributed by atoms with van der Waals surface area (Å²) < 4.78 is 10.9. The third kappa shape index (κ3) is 3.18. The van der Waals surface area contributed by atoms with Crippen LogP contribution in [0.5, 0.6) is 6.01 Å². The van der Waals surface area contributed by atoms with Gasteiger partial charge in [-0.1, -0.05) is 12.1 Å². The third-order valence-electron chi connectivity index (χ3n) is 6.22. The van der Waals surface area contributed by atoms with Gasteiger partial charge in [0.25, 0.3) is 0 Å². The van der Waals surface area contributed by atoms with Crippen LogP contribution in [0.15, 0.2) is 35.3 Å². The minimum absolute atomic E-state index is 0.0976. The average Bonchev–Trinajstić information content (AvgIpc) is 3.36. The number of para-hydroxylation sites is 2. The standard InChI is InChI=1S/C20H22N6O6/c1-20(11-23-10-16(26(30)31)21-17(23)32-20)12-24-14-4-2-3-5-15(14)25(18(24)27)13-6-8-22(9-7-13)19(28)29/h2-5,10,13H,6-9,11-12H2,1H3,(H,28,29). The molecule has 12 heteroatoms. The van der Waals surface area contributed by atoms with Gasteiger partial charge < -0.3 is 24.9 Å². The zero-order valence-corrected chi connectivity index (χ0v) is 17.4. The molecule has 0 aliphatic carbocycles. The normalized spacial score (nSPS) is 21.0. The highest BCUT2D eigenvalue weighted by Crippen LogP contribution is 2.33. The Morgan fingerprint density at radius 1 is 1.31 bits per heavy atom. The highest BCUT2D eigenvalue weighted by molar-refractivity contribution is 5.76. The van der Waals surface area contributed by atoms with Crippen LogP contribution in [0.2, 0.25) is 0 Å². The topological polar surface area (TPSA) is 138 Å². The Balaban J connectivity index is 1.46. The highest BCUT2D eigenvalue weighted by Gasteiger charge is 2.41. The molecule has 0 spiro atoms. The SMILES string of the molecule is CC1(Cn2c(=O)n(C3CCN(C(=O)O)CC3)c3ccccc32)Cn2cc([N+](=O)[O-])nc2O1. The van der Waals surface area contributed by atoms with Gasteiger partial charge in [-0.3, -0.25) is 13.7 Å². The van der Waals surface area contributed by atoms with E-state index < -0.39 is 16.6 Å². The molecule has 1 fully saturated rings. The number of rotatable bonds is 4. The van der Waals surface area contributed by atoms with Crippen molar-refractivity contribution in [1.82, 2.24) is 23.6 Å². The Morgan fingerprint density at radius 2 is 2.00 bits per heavy atom. The summed E-state index contributed by atoms with van der Waals surface area (Å²) in [7, 11) is 0. The summed E-state index contributed by atoms with van der Waals surface area (Å²) in [6.07, 6.45) is 1.52. The molecule has 32 heavy (non-hydrogen) atoms. The summed E-state index contributed by atoms with van der Waals surface area (Å²) in [4.78, 5) is 40.4. The van der Waals surface area contributed by atoms with E-state index >= 15 is 0 Å². The van der Waals surface area contributed by atoms with Crippen molar-refractivity contribution < 1.29 is 19.6 Å². The van der Waals surface area contributed by atoms with Crippen LogP contribution in [0.1, 0.15) is 25.8 Å². The number of nitro groups is 1. The van der Waals surface area contributed by atoms with Gasteiger partial charge in [0, 0.05) is 24.1 Å². The minimum atomic E-state index is -0.942. The van der Waals surface area contributed by atoms with Gasteiger partial charge in [-0.25, -0.2) is 9.59 Å². The van der Waals surface area contributed by atoms with Gasteiger partial charge in [0.05, 0.1) is 24.1 Å². The number of hydrogen-bond donors (Lipinski definition) is 1. The quantitative estimate of drug-likeness (QED) is 0.482. The number of nitrogens with zero attached hydrogens (tertiary/aromatic N) is 6. The number of aromatic nitrogens is 4. The Labute approximate surface area is 181 Å². The first kappa shape index (κ1) is 20.1. The summed E-state index contributed by atoms with van der Waals surface area (Å²) in [5, 5.41) is 20.2. The summed E-state index contributed by atoms with van der Waals surface area (Å²) in [5.41, 5.74) is 0.572. The highest BCUT2D eigenvalue weighted by atomic mass is 16.6. The molecule has 1 saturated heterocycles. The van der Waals surface area contributed by atoms with Crippen LogP contribution in [-0.2, 0) is 13.1 Å². The van der Waals surface area contributed by atoms with Crippen molar-refractivity contribution in [3.05, 3.63) is 51.1 Å². The summed E-state index contributed by atoms with van der Waals surface area (Å²) >= 11 is 0. The van der Waals surface area contributed by atoms with E-state index in [1.807, 2.05) is 31.2 Å². The van der Waals surface area contributed by atoms with E-state index in [1.54, 1.807) is 13.7 Å². The fourth-order valence-electron chi connectivity index (χ4n) is 4.75. The van der Waals surface area contributed by atoms with Crippen LogP contribution in [0.3, 0.4) is 0 Å². The van der Waals surface area contributed by atoms with Gasteiger partial charge in [-0.05, 0) is 36.8 Å². The first-order valence-corrected chi connectivity index (χ1v) is 10.3. The molecular formula is C20H22N6O6. The van der Waals surface area contributed by atoms with Crippen LogP contribution in [-0.4, -0.2) is 58.4 Å². The number of imidazole rings is 2. The molecule has 1 N–H and O–H groups in total. The molecule has 1 aromatic carbocycles. The monoisotopic (exact) mass is 442 g/mol. The van der Waals surface area contributed by atoms with E-state index in [9.17, 15) is 24.8 Å². The number of carboxylic acid groups (broad SMARTS) is 1. The second kappa shape index (κ2) is 7.11. The molecule has 168 valence electrons. The van der Waals surface area contributed by atoms with Gasteiger partial charge in [0.1, 0.15) is 11.8 Å². The van der Waals surface area contributed by atoms with Crippen LogP contribution in [0.4, 0.5) is 10.6 Å². The summed E-state index contributed by atoms with van der Waals surface area (Å²) in [5.74, 6) is -0.275. The lowest BCUT2D eigenvalue weighted by atomic mass is 10.1. The largest absolute Gasteiger partial charge is 0.465 e. The van der Waals surface area contributed by atoms with Crippen molar-refractivity contribution in [3.63, 3.8) is 0 Å². The lowest BCUT2D eigenvalue weighted by Gasteiger charge is -2.30. The van der Waals surface area contributed by atoms with Crippen molar-refractivity contribution >= 4 is 22.9 Å². The summed E-state index contributed by atoms with van der Waals surface area (Å²) in [6, 6.07) is 7.57. The number of benzene rings is 1. The first-order chi connectivity index (χ1) is 15.3. The van der Waals surface area contributed by atoms with Crippen molar-refractivity contribution in [2.45, 2.75) is 44.5 Å². The van der Waals surface area contributed by atoms with Crippen LogP contribution >= 0.6 is 0 Å². The number of amides is 1. The fourth-order valence-corrected chi connectivity index (χ4v) is 4.75. The molecule has 1 atom stereocenters. The predicted octanol–water partition coefficient (Wildman–Crippen LogP) is 2.07. The molecule has 12 nitrogen and oxygen atoms in total. The van der Waals surface area contributed by atoms with E-state index in [1.165, 1.54) is 11.1 Å². The maximum absolute atomic E-state index is 13.5. The molecule has 2 aliphatic rings. The molecule has 5 rings (SSSR count). The lowest BCUT2D eigenvalue weighted by molar-refractivity contribution is -0.389. The molecule has 2 aromatic heterocycles. The lowest BCUT2D eigenvalue weighted by Crippen LogP contribution is -2.42. The van der Waals surface area contributed by atoms with Crippen molar-refractivity contribution in [2.75, 3.05) is 13.1 Å². The molecule has 1 amide bonds. The number of piperidine rings is 1. The number of fused-ring (bicyclic) bond motifs is 2. The maximum atomic E-state index is 13.5. The molecule has 1 unspecified atom stereocenters. The second-order valence-electron chi connectivity index (χ2n) is 8.55. The first-order valence-electron chi connectivity index (χ1n) is 10.3. The Kier molecular flexibility index (Phi) is 4.46. The molecule has 4 heterocycles. The maximum Gasteiger partial charge on any atom is 0.415 e. The Bertz CT molecular complexity index is 1260. The molecular weight excluding hydrogens is 420 g/mol. The Hall–Kier alpha value is -3.83. The van der Waals surface area contributed by atoms with Gasteiger partial charge >= 0.3 is 23.6 Å². The number of carbonyl (C=O) groups is 1. The smallest absolute Gasteiger partial charge is 0.415 e. The second-order valence-corrected chi connectivity index (χ2v) is 8.55. The fraction of sp³-hybridized carbons (Fsp3) is 0.450. The van der Waals surface area contributed by atoms with Crippen molar-refractivity contribution in [3.8, 4) is 6.01 Å². The predicted molar refractivity (Wildman–Crippen MR) is 112 cm³/mol. The van der Waals surface area contributed by atoms with Gasteiger partial charge in [-0.15, -0.1) is 0 Å². The number of likely N-dealkylation sites (tertiary alicyclic amines) is 1. The molecule has 0 saturated carbocycles. The molecule has 0 radical (unpaired) electrons. The van der Waals surface area contributed by atoms with Crippen LogP contribution in [0, 0.1) is 10.1 Å². The van der Waals surface area contributed by atoms with E-state index in [4.69, 9.17) is 4.74 Å². The zero-order valence-electron chi connectivity index (χ0n) is 17.4. The van der Waals surface area contributed by atoms with Crippen LogP contribution in [0.25, 0.3) is 11.0 Å². The van der Waals surface area contributed by atoms with E-state index in [2.05, 4.69) is 4.98 Å². The van der Waals surface area contributed by atoms with Gasteiger partial charge in [0.2, 0.25) is 0 Å². The third-order valence-corrected chi connectivity index (χ3v) is 6.22. The van der Waals surface area contributed by atoms with Gasteiger partial charge in [0.15, 0.2) is 0 Å². The van der Waals surface area contributed by atoms with Crippen LogP contribution < -0.4 is 10.4 Å². The van der Waals surface area contributed by atoms with Gasteiger partial charge in [-0.2, -0.15) is 0 Å². The Morgan fingerprint density at radius 3 is 2.62 bits per heavy atom. The average molecular weight is 442 g/mol.